The molecule has 0 aromatic heterocycles. The zero-order valence-electron chi connectivity index (χ0n) is 10.2. The molecule has 0 amide bonds. The quantitative estimate of drug-likeness (QED) is 0.793. The van der Waals surface area contributed by atoms with Gasteiger partial charge in [0, 0.05) is 4.47 Å². The number of hydrogen-bond acceptors (Lipinski definition) is 3. The highest BCUT2D eigenvalue weighted by molar-refractivity contribution is 9.10. The Bertz CT molecular complexity index is 657. The Kier molecular flexibility index (Phi) is 3.98. The predicted octanol–water partition coefficient (Wildman–Crippen LogP) is 4.32. The summed E-state index contributed by atoms with van der Waals surface area (Å²) in [6, 6.07) is 14.0. The second kappa shape index (κ2) is 5.68. The van der Waals surface area contributed by atoms with Crippen LogP contribution in [-0.2, 0) is 0 Å². The molecule has 0 bridgehead atoms. The van der Waals surface area contributed by atoms with Crippen LogP contribution < -0.4 is 4.74 Å². The summed E-state index contributed by atoms with van der Waals surface area (Å²) in [6.07, 6.45) is 0. The minimum Gasteiger partial charge on any atom is -0.457 e. The van der Waals surface area contributed by atoms with Gasteiger partial charge in [-0.15, -0.1) is 0 Å². The van der Waals surface area contributed by atoms with Gasteiger partial charge in [-0.1, -0.05) is 15.9 Å². The molecule has 0 aliphatic carbocycles. The lowest BCUT2D eigenvalue weighted by molar-refractivity contribution is 0.101. The zero-order valence-corrected chi connectivity index (χ0v) is 11.8. The number of benzene rings is 2. The number of nitriles is 1. The highest BCUT2D eigenvalue weighted by Crippen LogP contribution is 2.28. The minimum atomic E-state index is -0.0649. The maximum absolute atomic E-state index is 11.6. The number of Topliss-reactive ketones (excluding diaryl/α,β-unsaturated/α-hetero) is 1. The van der Waals surface area contributed by atoms with Crippen LogP contribution >= 0.6 is 15.9 Å². The van der Waals surface area contributed by atoms with Crippen molar-refractivity contribution >= 4 is 21.7 Å². The molecule has 0 radical (unpaired) electrons. The van der Waals surface area contributed by atoms with E-state index in [1.54, 1.807) is 36.4 Å². The van der Waals surface area contributed by atoms with E-state index >= 15 is 0 Å². The number of carbonyl (C=O) groups is 1. The number of halogens is 1. The van der Waals surface area contributed by atoms with Gasteiger partial charge in [-0.25, -0.2) is 0 Å². The van der Waals surface area contributed by atoms with Crippen molar-refractivity contribution in [2.45, 2.75) is 6.92 Å². The van der Waals surface area contributed by atoms with E-state index in [0.717, 1.165) is 4.47 Å². The molecule has 0 spiro atoms. The van der Waals surface area contributed by atoms with Crippen molar-refractivity contribution in [3.8, 4) is 17.6 Å². The van der Waals surface area contributed by atoms with E-state index in [9.17, 15) is 4.79 Å². The molecule has 0 unspecified atom stereocenters. The fraction of sp³-hybridized carbons (Fsp3) is 0.0667. The highest BCUT2D eigenvalue weighted by Gasteiger charge is 2.10. The lowest BCUT2D eigenvalue weighted by Crippen LogP contribution is -1.97. The molecule has 94 valence electrons. The van der Waals surface area contributed by atoms with Gasteiger partial charge in [-0.3, -0.25) is 4.79 Å². The maximum atomic E-state index is 11.6. The van der Waals surface area contributed by atoms with Gasteiger partial charge in [-0.2, -0.15) is 5.26 Å². The number of hydrogen-bond donors (Lipinski definition) is 0. The van der Waals surface area contributed by atoms with Crippen LogP contribution in [0, 0.1) is 11.3 Å². The van der Waals surface area contributed by atoms with Crippen molar-refractivity contribution in [3.05, 3.63) is 58.1 Å². The largest absolute Gasteiger partial charge is 0.457 e. The van der Waals surface area contributed by atoms with Gasteiger partial charge in [0.1, 0.15) is 11.5 Å². The van der Waals surface area contributed by atoms with Crippen molar-refractivity contribution in [1.29, 1.82) is 5.26 Å². The Labute approximate surface area is 119 Å². The number of carbonyl (C=O) groups excluding carboxylic acids is 1. The van der Waals surface area contributed by atoms with E-state index < -0.39 is 0 Å². The molecular weight excluding hydrogens is 306 g/mol. The lowest BCUT2D eigenvalue weighted by atomic mass is 10.1. The average molecular weight is 316 g/mol. The topological polar surface area (TPSA) is 50.1 Å². The van der Waals surface area contributed by atoms with Gasteiger partial charge >= 0.3 is 0 Å². The molecule has 0 N–H and O–H groups in total. The van der Waals surface area contributed by atoms with Crippen LogP contribution in [0.2, 0.25) is 0 Å². The molecular formula is C15H10BrNO2. The summed E-state index contributed by atoms with van der Waals surface area (Å²) in [7, 11) is 0. The van der Waals surface area contributed by atoms with E-state index in [1.165, 1.54) is 6.92 Å². The number of ether oxygens (including phenoxy) is 1. The van der Waals surface area contributed by atoms with Crippen LogP contribution in [0.25, 0.3) is 0 Å². The molecule has 0 fully saturated rings. The predicted molar refractivity (Wildman–Crippen MR) is 75.4 cm³/mol. The Hall–Kier alpha value is -2.12. The third-order valence-electron chi connectivity index (χ3n) is 2.53. The monoisotopic (exact) mass is 315 g/mol. The summed E-state index contributed by atoms with van der Waals surface area (Å²) in [5, 5.41) is 8.72. The van der Waals surface area contributed by atoms with E-state index in [0.29, 0.717) is 22.6 Å². The average Bonchev–Trinajstić information content (AvgIpc) is 2.41. The van der Waals surface area contributed by atoms with Gasteiger partial charge in [0.2, 0.25) is 0 Å². The summed E-state index contributed by atoms with van der Waals surface area (Å²) in [5.41, 5.74) is 1.08. The molecule has 2 rings (SSSR count). The third-order valence-corrected chi connectivity index (χ3v) is 3.03. The molecule has 0 aliphatic rings. The van der Waals surface area contributed by atoms with Crippen LogP contribution in [0.1, 0.15) is 22.8 Å². The summed E-state index contributed by atoms with van der Waals surface area (Å²) in [6.45, 7) is 1.49. The Morgan fingerprint density at radius 1 is 1.21 bits per heavy atom. The fourth-order valence-corrected chi connectivity index (χ4v) is 1.95. The lowest BCUT2D eigenvalue weighted by Gasteiger charge is -2.09. The number of nitrogens with zero attached hydrogens (tertiary/aromatic N) is 1. The standard InChI is InChI=1S/C15H10BrNO2/c1-10(18)14-8-12(16)4-7-15(14)19-13-5-2-11(9-17)3-6-13/h2-8H,1H3. The van der Waals surface area contributed by atoms with E-state index in [1.807, 2.05) is 12.1 Å². The molecule has 0 saturated carbocycles. The Morgan fingerprint density at radius 3 is 2.47 bits per heavy atom. The maximum Gasteiger partial charge on any atom is 0.163 e. The number of ketones is 1. The molecule has 3 nitrogen and oxygen atoms in total. The molecule has 0 aliphatic heterocycles. The van der Waals surface area contributed by atoms with Crippen LogP contribution in [0.15, 0.2) is 46.9 Å². The van der Waals surface area contributed by atoms with Crippen LogP contribution in [0.4, 0.5) is 0 Å². The Balaban J connectivity index is 2.32. The fourth-order valence-electron chi connectivity index (χ4n) is 1.59. The highest BCUT2D eigenvalue weighted by atomic mass is 79.9. The van der Waals surface area contributed by atoms with Gasteiger partial charge in [0.25, 0.3) is 0 Å². The first kappa shape index (κ1) is 13.3. The summed E-state index contributed by atoms with van der Waals surface area (Å²) < 4.78 is 6.50. The summed E-state index contributed by atoms with van der Waals surface area (Å²) >= 11 is 3.33. The third kappa shape index (κ3) is 3.21. The second-order valence-electron chi connectivity index (χ2n) is 3.93. The molecule has 2 aromatic rings. The normalized spacial score (nSPS) is 9.74. The van der Waals surface area contributed by atoms with Gasteiger partial charge in [0.05, 0.1) is 17.2 Å². The van der Waals surface area contributed by atoms with Gasteiger partial charge in [-0.05, 0) is 49.4 Å². The summed E-state index contributed by atoms with van der Waals surface area (Å²) in [4.78, 5) is 11.6. The molecule has 0 saturated heterocycles. The van der Waals surface area contributed by atoms with Crippen molar-refractivity contribution in [3.63, 3.8) is 0 Å². The van der Waals surface area contributed by atoms with Crippen molar-refractivity contribution in [1.82, 2.24) is 0 Å². The van der Waals surface area contributed by atoms with Crippen molar-refractivity contribution in [2.24, 2.45) is 0 Å². The molecule has 0 atom stereocenters. The van der Waals surface area contributed by atoms with Gasteiger partial charge in [0.15, 0.2) is 5.78 Å². The van der Waals surface area contributed by atoms with Crippen LogP contribution in [-0.4, -0.2) is 5.78 Å². The molecule has 4 heteroatoms. The van der Waals surface area contributed by atoms with Gasteiger partial charge < -0.3 is 4.74 Å². The van der Waals surface area contributed by atoms with E-state index in [4.69, 9.17) is 10.00 Å². The minimum absolute atomic E-state index is 0.0649. The van der Waals surface area contributed by atoms with Crippen molar-refractivity contribution < 1.29 is 9.53 Å². The van der Waals surface area contributed by atoms with E-state index in [2.05, 4.69) is 15.9 Å². The second-order valence-corrected chi connectivity index (χ2v) is 4.85. The Morgan fingerprint density at radius 2 is 1.89 bits per heavy atom. The summed E-state index contributed by atoms with van der Waals surface area (Å²) in [5.74, 6) is 1.02. The first-order valence-electron chi connectivity index (χ1n) is 5.58. The first-order chi connectivity index (χ1) is 9.10. The zero-order chi connectivity index (χ0) is 13.8. The van der Waals surface area contributed by atoms with Crippen LogP contribution in [0.3, 0.4) is 0 Å². The van der Waals surface area contributed by atoms with E-state index in [-0.39, 0.29) is 5.78 Å². The molecule has 2 aromatic carbocycles. The molecule has 0 heterocycles. The first-order valence-corrected chi connectivity index (χ1v) is 6.38. The SMILES string of the molecule is CC(=O)c1cc(Br)ccc1Oc1ccc(C#N)cc1. The molecule has 19 heavy (non-hydrogen) atoms. The van der Waals surface area contributed by atoms with Crippen LogP contribution in [0.5, 0.6) is 11.5 Å². The smallest absolute Gasteiger partial charge is 0.163 e. The number of rotatable bonds is 3. The van der Waals surface area contributed by atoms with Crippen molar-refractivity contribution in [2.75, 3.05) is 0 Å².